The molecule has 0 bridgehead atoms. The van der Waals surface area contributed by atoms with Gasteiger partial charge < -0.3 is 0 Å². The maximum absolute atomic E-state index is 12.2. The van der Waals surface area contributed by atoms with Crippen LogP contribution in [0.4, 0.5) is 13.2 Å². The molecule has 1 aromatic rings. The molecule has 0 fully saturated rings. The second kappa shape index (κ2) is 2.70. The van der Waals surface area contributed by atoms with Gasteiger partial charge in [-0.25, -0.2) is 0 Å². The number of rotatable bonds is 0. The third-order valence-electron chi connectivity index (χ3n) is 2.06. The molecule has 0 amide bonds. The van der Waals surface area contributed by atoms with E-state index >= 15 is 0 Å². The van der Waals surface area contributed by atoms with E-state index in [9.17, 15) is 18.0 Å². The van der Waals surface area contributed by atoms with Crippen molar-refractivity contribution in [3.8, 4) is 0 Å². The fourth-order valence-corrected chi connectivity index (χ4v) is 1.36. The van der Waals surface area contributed by atoms with E-state index in [0.29, 0.717) is 11.1 Å². The molecule has 14 heavy (non-hydrogen) atoms. The molecule has 1 nitrogen and oxygen atoms in total. The summed E-state index contributed by atoms with van der Waals surface area (Å²) in [4.78, 5) is 11.1. The molecular formula is C10H5F3O. The average molecular weight is 198 g/mol. The van der Waals surface area contributed by atoms with E-state index in [0.717, 1.165) is 12.1 Å². The van der Waals surface area contributed by atoms with Gasteiger partial charge in [-0.05, 0) is 29.8 Å². The molecule has 0 heterocycles. The van der Waals surface area contributed by atoms with E-state index in [1.54, 1.807) is 0 Å². The Morgan fingerprint density at radius 1 is 1.07 bits per heavy atom. The van der Waals surface area contributed by atoms with Crippen molar-refractivity contribution < 1.29 is 18.0 Å². The number of carbonyl (C=O) groups excluding carboxylic acids is 1. The minimum absolute atomic E-state index is 0.242. The van der Waals surface area contributed by atoms with E-state index < -0.39 is 11.7 Å². The zero-order valence-corrected chi connectivity index (χ0v) is 6.93. The molecule has 0 aromatic heterocycles. The minimum Gasteiger partial charge on any atom is -0.289 e. The molecule has 0 spiro atoms. The number of ketones is 1. The molecular weight excluding hydrogens is 193 g/mol. The van der Waals surface area contributed by atoms with Crippen LogP contribution in [0.2, 0.25) is 0 Å². The van der Waals surface area contributed by atoms with Crippen molar-refractivity contribution in [1.29, 1.82) is 0 Å². The van der Waals surface area contributed by atoms with Crippen molar-refractivity contribution in [2.24, 2.45) is 0 Å². The molecule has 0 aliphatic heterocycles. The number of halogens is 3. The minimum atomic E-state index is -4.35. The lowest BCUT2D eigenvalue weighted by Crippen LogP contribution is -2.05. The Morgan fingerprint density at radius 2 is 1.79 bits per heavy atom. The second-order valence-electron chi connectivity index (χ2n) is 3.00. The summed E-state index contributed by atoms with van der Waals surface area (Å²) in [5, 5.41) is 0. The Labute approximate surface area is 77.9 Å². The predicted octanol–water partition coefficient (Wildman–Crippen LogP) is 2.91. The fourth-order valence-electron chi connectivity index (χ4n) is 1.36. The van der Waals surface area contributed by atoms with Crippen LogP contribution in [0.1, 0.15) is 21.5 Å². The van der Waals surface area contributed by atoms with Gasteiger partial charge in [-0.3, -0.25) is 4.79 Å². The van der Waals surface area contributed by atoms with Gasteiger partial charge in [0.1, 0.15) is 0 Å². The number of carbonyl (C=O) groups is 1. The highest BCUT2D eigenvalue weighted by atomic mass is 19.4. The van der Waals surface area contributed by atoms with Gasteiger partial charge in [-0.1, -0.05) is 6.08 Å². The summed E-state index contributed by atoms with van der Waals surface area (Å²) in [6.07, 6.45) is -1.69. The van der Waals surface area contributed by atoms with Gasteiger partial charge >= 0.3 is 6.18 Å². The van der Waals surface area contributed by atoms with E-state index in [1.807, 2.05) is 0 Å². The van der Waals surface area contributed by atoms with Crippen LogP contribution in [0, 0.1) is 0 Å². The lowest BCUT2D eigenvalue weighted by Gasteiger charge is -2.07. The lowest BCUT2D eigenvalue weighted by molar-refractivity contribution is -0.137. The van der Waals surface area contributed by atoms with Crippen LogP contribution < -0.4 is 0 Å². The highest BCUT2D eigenvalue weighted by Gasteiger charge is 2.31. The first-order chi connectivity index (χ1) is 6.48. The monoisotopic (exact) mass is 198 g/mol. The van der Waals surface area contributed by atoms with Crippen LogP contribution in [0.15, 0.2) is 24.3 Å². The standard InChI is InChI=1S/C10H5F3O/c11-10(12,13)7-2-3-8-6(5-7)1-4-9(8)14/h1-5H. The van der Waals surface area contributed by atoms with E-state index in [1.165, 1.54) is 18.2 Å². The molecule has 0 atom stereocenters. The molecule has 0 unspecified atom stereocenters. The number of hydrogen-bond donors (Lipinski definition) is 0. The Bertz CT molecular complexity index is 429. The smallest absolute Gasteiger partial charge is 0.289 e. The summed E-state index contributed by atoms with van der Waals surface area (Å²) >= 11 is 0. The van der Waals surface area contributed by atoms with Gasteiger partial charge in [-0.15, -0.1) is 0 Å². The molecule has 4 heteroatoms. The predicted molar refractivity (Wildman–Crippen MR) is 44.8 cm³/mol. The Hall–Kier alpha value is -1.58. The molecule has 1 aliphatic carbocycles. The fraction of sp³-hybridized carbons (Fsp3) is 0.100. The van der Waals surface area contributed by atoms with Crippen LogP contribution in [-0.4, -0.2) is 5.78 Å². The summed E-state index contributed by atoms with van der Waals surface area (Å²) in [5.41, 5.74) is -0.0570. The normalized spacial score (nSPS) is 14.6. The number of hydrogen-bond acceptors (Lipinski definition) is 1. The maximum Gasteiger partial charge on any atom is 0.416 e. The highest BCUT2D eigenvalue weighted by Crippen LogP contribution is 2.32. The number of benzene rings is 1. The van der Waals surface area contributed by atoms with Crippen LogP contribution in [0.3, 0.4) is 0 Å². The molecule has 1 aromatic carbocycles. The summed E-state index contributed by atoms with van der Waals surface area (Å²) in [5.74, 6) is -0.242. The van der Waals surface area contributed by atoms with E-state index in [2.05, 4.69) is 0 Å². The van der Waals surface area contributed by atoms with Crippen LogP contribution in [0.25, 0.3) is 6.08 Å². The summed E-state index contributed by atoms with van der Waals surface area (Å²) in [7, 11) is 0. The molecule has 72 valence electrons. The largest absolute Gasteiger partial charge is 0.416 e. The maximum atomic E-state index is 12.2. The number of fused-ring (bicyclic) bond motifs is 1. The van der Waals surface area contributed by atoms with Gasteiger partial charge in [0.2, 0.25) is 0 Å². The van der Waals surface area contributed by atoms with Crippen molar-refractivity contribution in [3.05, 3.63) is 41.0 Å². The molecule has 0 saturated carbocycles. The van der Waals surface area contributed by atoms with Gasteiger partial charge in [0.15, 0.2) is 5.78 Å². The first-order valence-electron chi connectivity index (χ1n) is 3.92. The van der Waals surface area contributed by atoms with Crippen molar-refractivity contribution in [2.75, 3.05) is 0 Å². The van der Waals surface area contributed by atoms with Gasteiger partial charge in [0, 0.05) is 5.56 Å². The van der Waals surface area contributed by atoms with Crippen LogP contribution >= 0.6 is 0 Å². The quantitative estimate of drug-likeness (QED) is 0.626. The Morgan fingerprint density at radius 3 is 2.43 bits per heavy atom. The molecule has 0 radical (unpaired) electrons. The van der Waals surface area contributed by atoms with E-state index in [4.69, 9.17) is 0 Å². The first-order valence-corrected chi connectivity index (χ1v) is 3.92. The van der Waals surface area contributed by atoms with Crippen LogP contribution in [-0.2, 0) is 6.18 Å². The third-order valence-corrected chi connectivity index (χ3v) is 2.06. The highest BCUT2D eigenvalue weighted by molar-refractivity contribution is 6.13. The molecule has 1 aliphatic rings. The average Bonchev–Trinajstić information content (AvgIpc) is 2.46. The Balaban J connectivity index is 2.52. The van der Waals surface area contributed by atoms with Crippen molar-refractivity contribution in [2.45, 2.75) is 6.18 Å². The van der Waals surface area contributed by atoms with E-state index in [-0.39, 0.29) is 5.78 Å². The lowest BCUT2D eigenvalue weighted by atomic mass is 10.1. The zero-order chi connectivity index (χ0) is 10.3. The number of alkyl halides is 3. The van der Waals surface area contributed by atoms with Gasteiger partial charge in [0.05, 0.1) is 5.56 Å². The second-order valence-corrected chi connectivity index (χ2v) is 3.00. The van der Waals surface area contributed by atoms with Crippen molar-refractivity contribution in [1.82, 2.24) is 0 Å². The van der Waals surface area contributed by atoms with Gasteiger partial charge in [-0.2, -0.15) is 13.2 Å². The topological polar surface area (TPSA) is 17.1 Å². The summed E-state index contributed by atoms with van der Waals surface area (Å²) in [6.45, 7) is 0. The summed E-state index contributed by atoms with van der Waals surface area (Å²) < 4.78 is 36.7. The third kappa shape index (κ3) is 1.32. The Kier molecular flexibility index (Phi) is 1.74. The first kappa shape index (κ1) is 8.99. The summed E-state index contributed by atoms with van der Waals surface area (Å²) in [6, 6.07) is 3.11. The SMILES string of the molecule is O=C1C=Cc2cc(C(F)(F)F)ccc21. The van der Waals surface area contributed by atoms with Crippen LogP contribution in [0.5, 0.6) is 0 Å². The van der Waals surface area contributed by atoms with Crippen molar-refractivity contribution in [3.63, 3.8) is 0 Å². The molecule has 0 N–H and O–H groups in total. The van der Waals surface area contributed by atoms with Gasteiger partial charge in [0.25, 0.3) is 0 Å². The number of allylic oxidation sites excluding steroid dienone is 1. The molecule has 2 rings (SSSR count). The van der Waals surface area contributed by atoms with Crippen molar-refractivity contribution >= 4 is 11.9 Å². The molecule has 0 saturated heterocycles. The zero-order valence-electron chi connectivity index (χ0n) is 6.93.